The topological polar surface area (TPSA) is 82.9 Å². The van der Waals surface area contributed by atoms with E-state index >= 15 is 0 Å². The minimum atomic E-state index is -0.751. The summed E-state index contributed by atoms with van der Waals surface area (Å²) in [6.07, 6.45) is 8.15. The highest BCUT2D eigenvalue weighted by Gasteiger charge is 2.18. The summed E-state index contributed by atoms with van der Waals surface area (Å²) in [5.74, 6) is -0.311. The van der Waals surface area contributed by atoms with Crippen molar-refractivity contribution in [3.8, 4) is 0 Å². The molecule has 2 rings (SSSR count). The van der Waals surface area contributed by atoms with E-state index in [2.05, 4.69) is 34.9 Å². The average Bonchev–Trinajstić information content (AvgIpc) is 2.50. The van der Waals surface area contributed by atoms with Gasteiger partial charge in [0.2, 0.25) is 0 Å². The van der Waals surface area contributed by atoms with Crippen molar-refractivity contribution in [3.05, 3.63) is 0 Å². The third-order valence-corrected chi connectivity index (χ3v) is 4.33. The van der Waals surface area contributed by atoms with Gasteiger partial charge >= 0.3 is 11.8 Å². The van der Waals surface area contributed by atoms with Gasteiger partial charge in [0.05, 0.1) is 0 Å². The zero-order valence-corrected chi connectivity index (χ0v) is 13.5. The Morgan fingerprint density at radius 3 is 1.64 bits per heavy atom. The van der Waals surface area contributed by atoms with E-state index in [1.165, 1.54) is 12.8 Å². The van der Waals surface area contributed by atoms with Crippen LogP contribution in [0, 0.1) is 11.8 Å². The molecule has 2 aliphatic carbocycles. The first-order valence-corrected chi connectivity index (χ1v) is 8.25. The van der Waals surface area contributed by atoms with Gasteiger partial charge in [-0.15, -0.1) is 0 Å². The fourth-order valence-electron chi connectivity index (χ4n) is 3.09. The van der Waals surface area contributed by atoms with E-state index in [1.54, 1.807) is 0 Å². The summed E-state index contributed by atoms with van der Waals surface area (Å²) in [5, 5.41) is 8.14. The van der Waals surface area contributed by atoms with Crippen LogP contribution in [-0.2, 0) is 9.59 Å². The fraction of sp³-hybridized carbons (Fsp3) is 0.750. The van der Waals surface area contributed by atoms with E-state index < -0.39 is 11.8 Å². The van der Waals surface area contributed by atoms with Crippen molar-refractivity contribution < 1.29 is 9.59 Å². The SMILES string of the molecule is C[C@@H]1CCC/C(=N/NC(=O)C(=O)N/N=C2\CCC[C@H](C)C2)C1. The third-order valence-electron chi connectivity index (χ3n) is 4.33. The summed E-state index contributed by atoms with van der Waals surface area (Å²) < 4.78 is 0. The van der Waals surface area contributed by atoms with E-state index in [0.717, 1.165) is 49.9 Å². The van der Waals surface area contributed by atoms with Gasteiger partial charge in [0.1, 0.15) is 0 Å². The van der Waals surface area contributed by atoms with Gasteiger partial charge in [-0.25, -0.2) is 10.9 Å². The van der Waals surface area contributed by atoms with Crippen LogP contribution >= 0.6 is 0 Å². The minimum absolute atomic E-state index is 0.595. The van der Waals surface area contributed by atoms with E-state index in [0.29, 0.717) is 11.8 Å². The first-order chi connectivity index (χ1) is 10.5. The van der Waals surface area contributed by atoms with Gasteiger partial charge in [0.25, 0.3) is 0 Å². The average molecular weight is 306 g/mol. The maximum absolute atomic E-state index is 11.7. The summed E-state index contributed by atoms with van der Waals surface area (Å²) in [6.45, 7) is 4.34. The molecular formula is C16H26N4O2. The Kier molecular flexibility index (Phi) is 6.10. The zero-order valence-electron chi connectivity index (χ0n) is 13.5. The van der Waals surface area contributed by atoms with Gasteiger partial charge < -0.3 is 0 Å². The van der Waals surface area contributed by atoms with E-state index in [1.807, 2.05) is 0 Å². The lowest BCUT2D eigenvalue weighted by atomic mass is 9.89. The quantitative estimate of drug-likeness (QED) is 0.606. The number of nitrogens with one attached hydrogen (secondary N) is 2. The van der Waals surface area contributed by atoms with Gasteiger partial charge in [-0.05, 0) is 63.2 Å². The van der Waals surface area contributed by atoms with Crippen molar-refractivity contribution in [2.45, 2.75) is 65.2 Å². The Morgan fingerprint density at radius 1 is 0.864 bits per heavy atom. The second-order valence-corrected chi connectivity index (χ2v) is 6.64. The molecule has 2 atom stereocenters. The lowest BCUT2D eigenvalue weighted by molar-refractivity contribution is -0.139. The molecule has 2 N–H and O–H groups in total. The number of carbonyl (C=O) groups excluding carboxylic acids is 2. The molecule has 2 aliphatic rings. The minimum Gasteiger partial charge on any atom is -0.262 e. The fourth-order valence-corrected chi connectivity index (χ4v) is 3.09. The predicted molar refractivity (Wildman–Crippen MR) is 86.4 cm³/mol. The molecule has 2 amide bonds. The molecule has 0 bridgehead atoms. The molecule has 2 fully saturated rings. The second-order valence-electron chi connectivity index (χ2n) is 6.64. The molecule has 0 aromatic carbocycles. The van der Waals surface area contributed by atoms with Crippen LogP contribution in [0.25, 0.3) is 0 Å². The zero-order chi connectivity index (χ0) is 15.9. The highest BCUT2D eigenvalue weighted by Crippen LogP contribution is 2.21. The number of hydrazone groups is 2. The molecule has 2 saturated carbocycles. The van der Waals surface area contributed by atoms with Crippen molar-refractivity contribution in [2.75, 3.05) is 0 Å². The van der Waals surface area contributed by atoms with E-state index in [4.69, 9.17) is 0 Å². The molecule has 0 aromatic heterocycles. The van der Waals surface area contributed by atoms with Crippen molar-refractivity contribution in [1.82, 2.24) is 10.9 Å². The number of hydrogen-bond donors (Lipinski definition) is 2. The van der Waals surface area contributed by atoms with Crippen LogP contribution in [0.5, 0.6) is 0 Å². The number of amides is 2. The van der Waals surface area contributed by atoms with Gasteiger partial charge in [-0.3, -0.25) is 9.59 Å². The van der Waals surface area contributed by atoms with Crippen molar-refractivity contribution in [1.29, 1.82) is 0 Å². The van der Waals surface area contributed by atoms with Gasteiger partial charge in [0, 0.05) is 11.4 Å². The molecule has 0 aliphatic heterocycles. The van der Waals surface area contributed by atoms with Crippen LogP contribution in [0.15, 0.2) is 10.2 Å². The Bertz CT molecular complexity index is 441. The summed E-state index contributed by atoms with van der Waals surface area (Å²) in [6, 6.07) is 0. The second kappa shape index (κ2) is 8.06. The van der Waals surface area contributed by atoms with Gasteiger partial charge in [-0.1, -0.05) is 13.8 Å². The van der Waals surface area contributed by atoms with Gasteiger partial charge in [-0.2, -0.15) is 10.2 Å². The number of carbonyl (C=O) groups is 2. The highest BCUT2D eigenvalue weighted by atomic mass is 16.2. The molecule has 0 radical (unpaired) electrons. The van der Waals surface area contributed by atoms with Crippen LogP contribution in [0.3, 0.4) is 0 Å². The Morgan fingerprint density at radius 2 is 1.27 bits per heavy atom. The van der Waals surface area contributed by atoms with Crippen LogP contribution in [0.4, 0.5) is 0 Å². The molecule has 0 heterocycles. The van der Waals surface area contributed by atoms with Crippen molar-refractivity contribution in [3.63, 3.8) is 0 Å². The van der Waals surface area contributed by atoms with Crippen LogP contribution < -0.4 is 10.9 Å². The van der Waals surface area contributed by atoms with Crippen LogP contribution in [-0.4, -0.2) is 23.2 Å². The summed E-state index contributed by atoms with van der Waals surface area (Å²) in [4.78, 5) is 23.4. The first kappa shape index (κ1) is 16.6. The smallest absolute Gasteiger partial charge is 0.262 e. The lowest BCUT2D eigenvalue weighted by Crippen LogP contribution is -2.36. The summed E-state index contributed by atoms with van der Waals surface area (Å²) in [7, 11) is 0. The lowest BCUT2D eigenvalue weighted by Gasteiger charge is -2.19. The molecule has 0 spiro atoms. The van der Waals surface area contributed by atoms with Crippen molar-refractivity contribution >= 4 is 23.2 Å². The molecule has 122 valence electrons. The molecule has 6 nitrogen and oxygen atoms in total. The van der Waals surface area contributed by atoms with Crippen LogP contribution in [0.2, 0.25) is 0 Å². The normalized spacial score (nSPS) is 29.4. The first-order valence-electron chi connectivity index (χ1n) is 8.25. The standard InChI is InChI=1S/C16H26N4O2/c1-11-5-3-7-13(9-11)17-19-15(21)16(22)20-18-14-8-4-6-12(2)10-14/h11-12H,3-10H2,1-2H3,(H,19,21)(H,20,22)/b17-13-,18-14+/t11-,12+/m1/s1. The van der Waals surface area contributed by atoms with Crippen molar-refractivity contribution in [2.24, 2.45) is 22.0 Å². The maximum Gasteiger partial charge on any atom is 0.331 e. The molecular weight excluding hydrogens is 280 g/mol. The molecule has 22 heavy (non-hydrogen) atoms. The molecule has 0 unspecified atom stereocenters. The predicted octanol–water partition coefficient (Wildman–Crippen LogP) is 2.35. The number of nitrogens with zero attached hydrogens (tertiary/aromatic N) is 2. The highest BCUT2D eigenvalue weighted by molar-refractivity contribution is 6.35. The molecule has 0 saturated heterocycles. The summed E-state index contributed by atoms with van der Waals surface area (Å²) >= 11 is 0. The van der Waals surface area contributed by atoms with E-state index in [-0.39, 0.29) is 0 Å². The number of rotatable bonds is 2. The van der Waals surface area contributed by atoms with Crippen LogP contribution in [0.1, 0.15) is 65.2 Å². The number of hydrogen-bond acceptors (Lipinski definition) is 4. The monoisotopic (exact) mass is 306 g/mol. The Balaban J connectivity index is 1.78. The van der Waals surface area contributed by atoms with E-state index in [9.17, 15) is 9.59 Å². The Hall–Kier alpha value is -1.72. The molecule has 6 heteroatoms. The maximum atomic E-state index is 11.7. The largest absolute Gasteiger partial charge is 0.331 e. The molecule has 0 aromatic rings. The third kappa shape index (κ3) is 5.24. The Labute approximate surface area is 131 Å². The van der Waals surface area contributed by atoms with Gasteiger partial charge in [0.15, 0.2) is 0 Å². The summed E-state index contributed by atoms with van der Waals surface area (Å²) in [5.41, 5.74) is 6.60.